The second-order valence-electron chi connectivity index (χ2n) is 2.84. The van der Waals surface area contributed by atoms with E-state index in [2.05, 4.69) is 0 Å². The molecule has 0 aromatic heterocycles. The van der Waals surface area contributed by atoms with Crippen molar-refractivity contribution < 1.29 is 44.1 Å². The summed E-state index contributed by atoms with van der Waals surface area (Å²) in [5.74, 6) is 0.551. The number of hydrogen-bond donors (Lipinski definition) is 0. The summed E-state index contributed by atoms with van der Waals surface area (Å²) in [6, 6.07) is 7.85. The largest absolute Gasteiger partial charge is 0.671 e. The summed E-state index contributed by atoms with van der Waals surface area (Å²) in [5.41, 5.74) is 9.85. The molecule has 0 heterocycles. The molecule has 1 aromatic rings. The van der Waals surface area contributed by atoms with E-state index < -0.39 is 0 Å². The van der Waals surface area contributed by atoms with Gasteiger partial charge in [0.1, 0.15) is 0 Å². The molecule has 1 atom stereocenters. The molecule has 0 amide bonds. The van der Waals surface area contributed by atoms with E-state index in [9.17, 15) is 0 Å². The summed E-state index contributed by atoms with van der Waals surface area (Å²) >= 11 is 5.65. The maximum Gasteiger partial charge on any atom is 0.0474 e. The molecule has 13 heavy (non-hydrogen) atoms. The van der Waals surface area contributed by atoms with Gasteiger partial charge in [0, 0.05) is 49.9 Å². The van der Waals surface area contributed by atoms with Crippen molar-refractivity contribution in [3.8, 4) is 0 Å². The Morgan fingerprint density at radius 1 is 1.31 bits per heavy atom. The fourth-order valence-electron chi connectivity index (χ4n) is 1.07. The van der Waals surface area contributed by atoms with Crippen LogP contribution in [0.1, 0.15) is 30.5 Å². The zero-order valence-electron chi connectivity index (χ0n) is 7.76. The smallest absolute Gasteiger partial charge is 0.0474 e. The van der Waals surface area contributed by atoms with Crippen LogP contribution in [0.3, 0.4) is 0 Å². The summed E-state index contributed by atoms with van der Waals surface area (Å²) in [7, 11) is 0. The Morgan fingerprint density at radius 3 is 2.23 bits per heavy atom. The molecule has 0 fully saturated rings. The summed E-state index contributed by atoms with van der Waals surface area (Å²) in [6.07, 6.45) is 0.861. The Labute approximate surface area is 121 Å². The molecule has 1 radical (unpaired) electrons. The Hall–Kier alpha value is 0.912. The van der Waals surface area contributed by atoms with E-state index in [1.807, 2.05) is 31.2 Å². The standard InChI is InChI=1S/C10H13ClN.Ac/c1-2-10(12)9-5-3-8(7-11)4-6-9;/h3-6,10,12H,2,7H2,1H3;/q-1;. The van der Waals surface area contributed by atoms with Gasteiger partial charge in [-0.15, -0.1) is 17.6 Å². The van der Waals surface area contributed by atoms with Gasteiger partial charge in [-0.25, -0.2) is 0 Å². The van der Waals surface area contributed by atoms with Crippen molar-refractivity contribution in [1.29, 1.82) is 0 Å². The Balaban J connectivity index is 0.00000144. The van der Waals surface area contributed by atoms with Crippen LogP contribution in [-0.2, 0) is 5.88 Å². The van der Waals surface area contributed by atoms with Gasteiger partial charge in [-0.05, 0) is 5.56 Å². The number of benzene rings is 1. The van der Waals surface area contributed by atoms with Gasteiger partial charge in [0.15, 0.2) is 0 Å². The van der Waals surface area contributed by atoms with Crippen LogP contribution in [0.2, 0.25) is 0 Å². The molecule has 0 bridgehead atoms. The summed E-state index contributed by atoms with van der Waals surface area (Å²) in [5, 5.41) is 0. The molecule has 0 aliphatic carbocycles. The Morgan fingerprint density at radius 2 is 1.85 bits per heavy atom. The van der Waals surface area contributed by atoms with Crippen molar-refractivity contribution in [3.63, 3.8) is 0 Å². The SMILES string of the molecule is CCC([NH-])c1ccc(CCl)cc1.[Ac]. The number of rotatable bonds is 3. The second-order valence-corrected chi connectivity index (χ2v) is 3.10. The molecule has 0 aliphatic heterocycles. The molecule has 3 heteroatoms. The van der Waals surface area contributed by atoms with E-state index in [1.54, 1.807) is 0 Å². The van der Waals surface area contributed by atoms with Gasteiger partial charge in [-0.2, -0.15) is 0 Å². The zero-order valence-corrected chi connectivity index (χ0v) is 13.3. The third kappa shape index (κ3) is 4.30. The van der Waals surface area contributed by atoms with E-state index >= 15 is 0 Å². The zero-order chi connectivity index (χ0) is 8.97. The van der Waals surface area contributed by atoms with E-state index in [1.165, 1.54) is 0 Å². The summed E-state index contributed by atoms with van der Waals surface area (Å²) in [4.78, 5) is 0. The van der Waals surface area contributed by atoms with Crippen LogP contribution < -0.4 is 0 Å². The molecular formula is C10H13AcClN-. The quantitative estimate of drug-likeness (QED) is 0.676. The molecular weight excluding hydrogens is 397 g/mol. The number of nitrogens with one attached hydrogen (secondary N) is 1. The first-order valence-electron chi connectivity index (χ1n) is 4.13. The Bertz CT molecular complexity index is 235. The van der Waals surface area contributed by atoms with Crippen molar-refractivity contribution in [2.75, 3.05) is 0 Å². The first-order valence-corrected chi connectivity index (χ1v) is 4.67. The first kappa shape index (κ1) is 13.9. The summed E-state index contributed by atoms with van der Waals surface area (Å²) < 4.78 is 0. The third-order valence-electron chi connectivity index (χ3n) is 1.94. The van der Waals surface area contributed by atoms with E-state index in [0.717, 1.165) is 17.5 Å². The first-order chi connectivity index (χ1) is 5.77. The van der Waals surface area contributed by atoms with Crippen LogP contribution in [0.5, 0.6) is 0 Å². The maximum atomic E-state index is 7.66. The predicted octanol–water partition coefficient (Wildman–Crippen LogP) is 3.93. The van der Waals surface area contributed by atoms with Crippen LogP contribution in [0.15, 0.2) is 24.3 Å². The molecule has 0 aliphatic rings. The molecule has 0 saturated carbocycles. The molecule has 1 aromatic carbocycles. The normalized spacial score (nSPS) is 11.9. The summed E-state index contributed by atoms with van der Waals surface area (Å²) in [6.45, 7) is 2.02. The number of alkyl halides is 1. The number of hydrogen-bond acceptors (Lipinski definition) is 0. The van der Waals surface area contributed by atoms with Crippen molar-refractivity contribution >= 4 is 11.6 Å². The van der Waals surface area contributed by atoms with E-state index in [4.69, 9.17) is 17.3 Å². The minimum absolute atomic E-state index is 0. The molecule has 69 valence electrons. The molecule has 1 N–H and O–H groups in total. The fraction of sp³-hybridized carbons (Fsp3) is 0.400. The molecule has 1 nitrogen and oxygen atoms in total. The maximum absolute atomic E-state index is 7.66. The minimum atomic E-state index is -0.0885. The van der Waals surface area contributed by atoms with Crippen LogP contribution in [0.4, 0.5) is 0 Å². The average molecular weight is 410 g/mol. The molecule has 1 unspecified atom stereocenters. The monoisotopic (exact) mass is 409 g/mol. The minimum Gasteiger partial charge on any atom is -0.671 e. The van der Waals surface area contributed by atoms with Gasteiger partial charge in [0.25, 0.3) is 0 Å². The van der Waals surface area contributed by atoms with Gasteiger partial charge in [-0.3, -0.25) is 0 Å². The van der Waals surface area contributed by atoms with Crippen LogP contribution in [0.25, 0.3) is 5.73 Å². The van der Waals surface area contributed by atoms with Gasteiger partial charge in [0.2, 0.25) is 0 Å². The van der Waals surface area contributed by atoms with Crippen molar-refractivity contribution in [2.24, 2.45) is 0 Å². The van der Waals surface area contributed by atoms with Crippen LogP contribution in [0, 0.1) is 44.1 Å². The van der Waals surface area contributed by atoms with Crippen molar-refractivity contribution in [1.82, 2.24) is 0 Å². The molecule has 0 spiro atoms. The van der Waals surface area contributed by atoms with Gasteiger partial charge in [0.05, 0.1) is 0 Å². The van der Waals surface area contributed by atoms with Gasteiger partial charge in [-0.1, -0.05) is 43.2 Å². The fourth-order valence-corrected chi connectivity index (χ4v) is 1.25. The van der Waals surface area contributed by atoms with Crippen LogP contribution >= 0.6 is 11.6 Å². The Kier molecular flexibility index (Phi) is 7.74. The van der Waals surface area contributed by atoms with Gasteiger partial charge >= 0.3 is 0 Å². The topological polar surface area (TPSA) is 23.8 Å². The van der Waals surface area contributed by atoms with Crippen LogP contribution in [-0.4, -0.2) is 0 Å². The predicted molar refractivity (Wildman–Crippen MR) is 53.4 cm³/mol. The molecule has 1 rings (SSSR count). The molecule has 0 saturated heterocycles. The number of halogens is 1. The second kappa shape index (κ2) is 7.24. The van der Waals surface area contributed by atoms with E-state index in [-0.39, 0.29) is 50.1 Å². The average Bonchev–Trinajstić information content (AvgIpc) is 2.17. The van der Waals surface area contributed by atoms with E-state index in [0.29, 0.717) is 5.88 Å². The van der Waals surface area contributed by atoms with Crippen molar-refractivity contribution in [3.05, 3.63) is 41.1 Å². The van der Waals surface area contributed by atoms with Gasteiger partial charge < -0.3 is 5.73 Å². The third-order valence-corrected chi connectivity index (χ3v) is 2.25. The van der Waals surface area contributed by atoms with Crippen molar-refractivity contribution in [2.45, 2.75) is 25.3 Å².